The average Bonchev–Trinajstić information content (AvgIpc) is 2.49. The highest BCUT2D eigenvalue weighted by Gasteiger charge is 2.08. The highest BCUT2D eigenvalue weighted by Crippen LogP contribution is 2.01. The molecule has 5 nitrogen and oxygen atoms in total. The quantitative estimate of drug-likeness (QED) is 0.310. The maximum atomic E-state index is 8.42. The minimum atomic E-state index is -0.00991. The van der Waals surface area contributed by atoms with Crippen LogP contribution in [0.2, 0.25) is 0 Å². The third-order valence-corrected chi connectivity index (χ3v) is 1.86. The molecule has 1 atom stereocenters. The molecule has 1 unspecified atom stereocenters. The Kier molecular flexibility index (Phi) is 2.89. The van der Waals surface area contributed by atoms with Gasteiger partial charge in [0.15, 0.2) is 0 Å². The summed E-state index contributed by atoms with van der Waals surface area (Å²) < 4.78 is 1.78. The van der Waals surface area contributed by atoms with Crippen LogP contribution in [0.5, 0.6) is 0 Å². The van der Waals surface area contributed by atoms with Gasteiger partial charge in [-0.3, -0.25) is 4.68 Å². The molecule has 0 saturated carbocycles. The van der Waals surface area contributed by atoms with E-state index in [1.54, 1.807) is 4.68 Å². The van der Waals surface area contributed by atoms with Crippen LogP contribution in [0.1, 0.15) is 12.6 Å². The van der Waals surface area contributed by atoms with E-state index in [4.69, 9.17) is 10.9 Å². The minimum Gasteiger partial charge on any atom is -0.409 e. The molecule has 0 aliphatic carbocycles. The number of nitrogens with zero attached hydrogens (tertiary/aromatic N) is 3. The Morgan fingerprint density at radius 3 is 3.00 bits per heavy atom. The van der Waals surface area contributed by atoms with Crippen LogP contribution >= 0.6 is 0 Å². The molecule has 5 heteroatoms. The lowest BCUT2D eigenvalue weighted by Gasteiger charge is -2.08. The number of aromatic nitrogens is 2. The van der Waals surface area contributed by atoms with Gasteiger partial charge in [-0.05, 0) is 13.0 Å². The fourth-order valence-corrected chi connectivity index (χ4v) is 1.04. The molecular formula is C8H14N4O. The molecule has 0 amide bonds. The second kappa shape index (κ2) is 3.93. The van der Waals surface area contributed by atoms with E-state index in [1.165, 1.54) is 0 Å². The molecule has 1 aromatic rings. The topological polar surface area (TPSA) is 76.4 Å². The van der Waals surface area contributed by atoms with Crippen molar-refractivity contribution in [2.45, 2.75) is 20.4 Å². The molecule has 0 bridgehead atoms. The first-order valence-corrected chi connectivity index (χ1v) is 4.11. The van der Waals surface area contributed by atoms with Gasteiger partial charge in [0.2, 0.25) is 0 Å². The third-order valence-electron chi connectivity index (χ3n) is 1.86. The van der Waals surface area contributed by atoms with Crippen LogP contribution in [0.15, 0.2) is 17.4 Å². The average molecular weight is 182 g/mol. The SMILES string of the molecule is Cc1ccn(CC(C)/C(N)=N/O)n1. The van der Waals surface area contributed by atoms with E-state index in [9.17, 15) is 0 Å². The lowest BCUT2D eigenvalue weighted by Crippen LogP contribution is -2.25. The number of amidine groups is 1. The Hall–Kier alpha value is -1.52. The maximum absolute atomic E-state index is 8.42. The Morgan fingerprint density at radius 1 is 1.85 bits per heavy atom. The first kappa shape index (κ1) is 9.57. The summed E-state index contributed by atoms with van der Waals surface area (Å²) in [6.07, 6.45) is 1.87. The van der Waals surface area contributed by atoms with Gasteiger partial charge in [-0.2, -0.15) is 5.10 Å². The zero-order chi connectivity index (χ0) is 9.84. The highest BCUT2D eigenvalue weighted by atomic mass is 16.4. The number of hydrogen-bond donors (Lipinski definition) is 2. The highest BCUT2D eigenvalue weighted by molar-refractivity contribution is 5.81. The molecule has 0 spiro atoms. The molecule has 1 heterocycles. The second-order valence-corrected chi connectivity index (χ2v) is 3.11. The summed E-state index contributed by atoms with van der Waals surface area (Å²) in [5.41, 5.74) is 6.39. The van der Waals surface area contributed by atoms with Crippen molar-refractivity contribution < 1.29 is 5.21 Å². The lowest BCUT2D eigenvalue weighted by atomic mass is 10.1. The minimum absolute atomic E-state index is 0.00991. The van der Waals surface area contributed by atoms with E-state index in [1.807, 2.05) is 26.1 Å². The Morgan fingerprint density at radius 2 is 2.54 bits per heavy atom. The fourth-order valence-electron chi connectivity index (χ4n) is 1.04. The first-order valence-electron chi connectivity index (χ1n) is 4.11. The zero-order valence-corrected chi connectivity index (χ0v) is 7.81. The molecule has 1 rings (SSSR count). The maximum Gasteiger partial charge on any atom is 0.143 e. The van der Waals surface area contributed by atoms with Crippen LogP contribution in [-0.4, -0.2) is 20.8 Å². The van der Waals surface area contributed by atoms with Gasteiger partial charge in [-0.25, -0.2) is 0 Å². The Bertz CT molecular complexity index is 305. The van der Waals surface area contributed by atoms with Gasteiger partial charge in [0, 0.05) is 12.1 Å². The predicted molar refractivity (Wildman–Crippen MR) is 49.5 cm³/mol. The number of hydrogen-bond acceptors (Lipinski definition) is 3. The Labute approximate surface area is 76.8 Å². The van der Waals surface area contributed by atoms with E-state index >= 15 is 0 Å². The summed E-state index contributed by atoms with van der Waals surface area (Å²) in [5.74, 6) is 0.220. The summed E-state index contributed by atoms with van der Waals surface area (Å²) >= 11 is 0. The van der Waals surface area contributed by atoms with Crippen LogP contribution < -0.4 is 5.73 Å². The molecule has 72 valence electrons. The number of aryl methyl sites for hydroxylation is 1. The summed E-state index contributed by atoms with van der Waals surface area (Å²) in [4.78, 5) is 0. The van der Waals surface area contributed by atoms with Gasteiger partial charge >= 0.3 is 0 Å². The largest absolute Gasteiger partial charge is 0.409 e. The number of rotatable bonds is 3. The van der Waals surface area contributed by atoms with Crippen molar-refractivity contribution in [3.63, 3.8) is 0 Å². The smallest absolute Gasteiger partial charge is 0.143 e. The molecule has 0 fully saturated rings. The van der Waals surface area contributed by atoms with Gasteiger partial charge in [0.05, 0.1) is 12.2 Å². The second-order valence-electron chi connectivity index (χ2n) is 3.11. The van der Waals surface area contributed by atoms with Crippen molar-refractivity contribution in [1.82, 2.24) is 9.78 Å². The first-order chi connectivity index (χ1) is 6.13. The van der Waals surface area contributed by atoms with Crippen molar-refractivity contribution in [2.24, 2.45) is 16.8 Å². The van der Waals surface area contributed by atoms with Gasteiger partial charge in [0.25, 0.3) is 0 Å². The summed E-state index contributed by atoms with van der Waals surface area (Å²) in [7, 11) is 0. The number of nitrogens with two attached hydrogens (primary N) is 1. The van der Waals surface area contributed by atoms with Crippen molar-refractivity contribution in [3.05, 3.63) is 18.0 Å². The van der Waals surface area contributed by atoms with Crippen LogP contribution in [-0.2, 0) is 6.54 Å². The van der Waals surface area contributed by atoms with Crippen molar-refractivity contribution in [3.8, 4) is 0 Å². The van der Waals surface area contributed by atoms with Crippen LogP contribution in [0.3, 0.4) is 0 Å². The molecule has 3 N–H and O–H groups in total. The van der Waals surface area contributed by atoms with Crippen molar-refractivity contribution in [1.29, 1.82) is 0 Å². The molecule has 0 aromatic carbocycles. The molecule has 0 saturated heterocycles. The molecular weight excluding hydrogens is 168 g/mol. The van der Waals surface area contributed by atoms with Gasteiger partial charge in [0.1, 0.15) is 5.84 Å². The molecule has 13 heavy (non-hydrogen) atoms. The van der Waals surface area contributed by atoms with Crippen LogP contribution in [0.25, 0.3) is 0 Å². The Balaban J connectivity index is 2.59. The monoisotopic (exact) mass is 182 g/mol. The molecule has 1 aromatic heterocycles. The third kappa shape index (κ3) is 2.47. The summed E-state index contributed by atoms with van der Waals surface area (Å²) in [5, 5.41) is 15.6. The predicted octanol–water partition coefficient (Wildman–Crippen LogP) is 0.574. The summed E-state index contributed by atoms with van der Waals surface area (Å²) in [6, 6.07) is 1.92. The van der Waals surface area contributed by atoms with Gasteiger partial charge in [-0.1, -0.05) is 12.1 Å². The van der Waals surface area contributed by atoms with E-state index in [0.717, 1.165) is 5.69 Å². The van der Waals surface area contributed by atoms with E-state index in [-0.39, 0.29) is 11.8 Å². The standard InChI is InChI=1S/C8H14N4O/c1-6(8(9)11-13)5-12-4-3-7(2)10-12/h3-4,6,13H,5H2,1-2H3,(H2,9,11). The van der Waals surface area contributed by atoms with Gasteiger partial charge < -0.3 is 10.9 Å². The number of oxime groups is 1. The van der Waals surface area contributed by atoms with E-state index in [2.05, 4.69) is 10.3 Å². The summed E-state index contributed by atoms with van der Waals surface area (Å²) in [6.45, 7) is 4.43. The van der Waals surface area contributed by atoms with Gasteiger partial charge in [-0.15, -0.1) is 0 Å². The van der Waals surface area contributed by atoms with E-state index in [0.29, 0.717) is 6.54 Å². The van der Waals surface area contributed by atoms with Crippen molar-refractivity contribution in [2.75, 3.05) is 0 Å². The van der Waals surface area contributed by atoms with Crippen LogP contribution in [0.4, 0.5) is 0 Å². The molecule has 0 radical (unpaired) electrons. The fraction of sp³-hybridized carbons (Fsp3) is 0.500. The van der Waals surface area contributed by atoms with E-state index < -0.39 is 0 Å². The van der Waals surface area contributed by atoms with Crippen molar-refractivity contribution >= 4 is 5.84 Å². The molecule has 0 aliphatic rings. The normalized spacial score (nSPS) is 14.5. The van der Waals surface area contributed by atoms with Crippen LogP contribution in [0, 0.1) is 12.8 Å². The molecule has 0 aliphatic heterocycles. The lowest BCUT2D eigenvalue weighted by molar-refractivity contribution is 0.313. The zero-order valence-electron chi connectivity index (χ0n) is 7.81.